The zero-order chi connectivity index (χ0) is 10.1. The highest BCUT2D eigenvalue weighted by atomic mass is 15.1. The largest absolute Gasteiger partial charge is 0.326 e. The van der Waals surface area contributed by atoms with Crippen LogP contribution in [0.4, 0.5) is 0 Å². The molecule has 0 aromatic carbocycles. The van der Waals surface area contributed by atoms with E-state index < -0.39 is 0 Å². The van der Waals surface area contributed by atoms with Crippen LogP contribution in [0.1, 0.15) is 25.7 Å². The third-order valence-electron chi connectivity index (χ3n) is 2.30. The van der Waals surface area contributed by atoms with Gasteiger partial charge in [0, 0.05) is 12.7 Å². The highest BCUT2D eigenvalue weighted by molar-refractivity contribution is 5.74. The summed E-state index contributed by atoms with van der Waals surface area (Å²) in [6, 6.07) is 1.87. The van der Waals surface area contributed by atoms with Crippen LogP contribution in [0.5, 0.6) is 0 Å². The second-order valence-electron chi connectivity index (χ2n) is 3.37. The van der Waals surface area contributed by atoms with Gasteiger partial charge in [-0.1, -0.05) is 0 Å². The molecular formula is C10H14N4. The summed E-state index contributed by atoms with van der Waals surface area (Å²) in [5.74, 6) is 0.926. The van der Waals surface area contributed by atoms with Crippen molar-refractivity contribution in [1.82, 2.24) is 14.5 Å². The van der Waals surface area contributed by atoms with Crippen molar-refractivity contribution in [2.45, 2.75) is 26.4 Å². The second kappa shape index (κ2) is 3.38. The Morgan fingerprint density at radius 2 is 2.36 bits per heavy atom. The van der Waals surface area contributed by atoms with Crippen LogP contribution in [0.3, 0.4) is 0 Å². The molecule has 1 unspecified atom stereocenters. The Morgan fingerprint density at radius 3 is 3.00 bits per heavy atom. The third-order valence-corrected chi connectivity index (χ3v) is 2.30. The van der Waals surface area contributed by atoms with E-state index in [1.165, 1.54) is 0 Å². The minimum atomic E-state index is -0.0395. The molecule has 2 heterocycles. The Hall–Kier alpha value is -1.42. The molecule has 14 heavy (non-hydrogen) atoms. The number of rotatable bonds is 2. The van der Waals surface area contributed by atoms with Gasteiger partial charge >= 0.3 is 0 Å². The van der Waals surface area contributed by atoms with Crippen LogP contribution < -0.4 is 5.73 Å². The quantitative estimate of drug-likeness (QED) is 0.780. The molecule has 0 amide bonds. The number of nitrogens with zero attached hydrogens (tertiary/aromatic N) is 3. The normalized spacial score (nSPS) is 13.4. The average molecular weight is 190 g/mol. The van der Waals surface area contributed by atoms with Gasteiger partial charge in [0.15, 0.2) is 0 Å². The summed E-state index contributed by atoms with van der Waals surface area (Å²) in [6.07, 6.45) is 3.58. The molecule has 2 rings (SSSR count). The molecule has 0 fully saturated rings. The molecule has 74 valence electrons. The Morgan fingerprint density at radius 1 is 1.57 bits per heavy atom. The molecule has 4 nitrogen and oxygen atoms in total. The van der Waals surface area contributed by atoms with Gasteiger partial charge in [-0.25, -0.2) is 4.98 Å². The first-order valence-corrected chi connectivity index (χ1v) is 4.79. The summed E-state index contributed by atoms with van der Waals surface area (Å²) < 4.78 is 2.10. The monoisotopic (exact) mass is 190 g/mol. The van der Waals surface area contributed by atoms with Gasteiger partial charge in [0.1, 0.15) is 5.82 Å². The van der Waals surface area contributed by atoms with Crippen LogP contribution in [0.15, 0.2) is 18.5 Å². The van der Waals surface area contributed by atoms with E-state index in [0.29, 0.717) is 0 Å². The molecule has 2 N–H and O–H groups in total. The molecule has 0 spiro atoms. The Labute approximate surface area is 82.8 Å². The summed E-state index contributed by atoms with van der Waals surface area (Å²) in [6.45, 7) is 4.90. The van der Waals surface area contributed by atoms with Crippen LogP contribution in [-0.2, 0) is 6.54 Å². The number of hydrogen-bond acceptors (Lipinski definition) is 3. The summed E-state index contributed by atoms with van der Waals surface area (Å²) in [5, 5.41) is 0. The van der Waals surface area contributed by atoms with Crippen LogP contribution >= 0.6 is 0 Å². The summed E-state index contributed by atoms with van der Waals surface area (Å²) in [4.78, 5) is 8.57. The van der Waals surface area contributed by atoms with Crippen molar-refractivity contribution in [2.24, 2.45) is 5.73 Å². The lowest BCUT2D eigenvalue weighted by atomic mass is 10.3. The molecule has 1 atom stereocenters. The fourth-order valence-electron chi connectivity index (χ4n) is 1.67. The molecule has 0 aliphatic heterocycles. The fraction of sp³-hybridized carbons (Fsp3) is 0.400. The number of nitrogens with two attached hydrogens (primary N) is 1. The van der Waals surface area contributed by atoms with Crippen LogP contribution in [0, 0.1) is 0 Å². The highest BCUT2D eigenvalue weighted by Crippen LogP contribution is 2.18. The average Bonchev–Trinajstić information content (AvgIpc) is 2.56. The van der Waals surface area contributed by atoms with Gasteiger partial charge in [0.05, 0.1) is 23.3 Å². The van der Waals surface area contributed by atoms with Crippen LogP contribution in [0.25, 0.3) is 11.0 Å². The van der Waals surface area contributed by atoms with E-state index in [2.05, 4.69) is 21.5 Å². The lowest BCUT2D eigenvalue weighted by Crippen LogP contribution is -2.12. The molecule has 0 saturated heterocycles. The van der Waals surface area contributed by atoms with Crippen molar-refractivity contribution in [1.29, 1.82) is 0 Å². The summed E-state index contributed by atoms with van der Waals surface area (Å²) in [7, 11) is 0. The number of pyridine rings is 1. The number of aryl methyl sites for hydroxylation is 1. The van der Waals surface area contributed by atoms with Gasteiger partial charge in [-0.2, -0.15) is 0 Å². The Bertz CT molecular complexity index is 444. The van der Waals surface area contributed by atoms with E-state index in [9.17, 15) is 0 Å². The van der Waals surface area contributed by atoms with E-state index in [0.717, 1.165) is 23.4 Å². The third kappa shape index (κ3) is 1.28. The van der Waals surface area contributed by atoms with Gasteiger partial charge in [0.2, 0.25) is 0 Å². The smallest absolute Gasteiger partial charge is 0.126 e. The maximum atomic E-state index is 5.85. The first kappa shape index (κ1) is 9.15. The van der Waals surface area contributed by atoms with E-state index in [1.807, 2.05) is 19.2 Å². The SMILES string of the molecule is CCn1c(C(C)N)nc2ccncc21. The maximum absolute atomic E-state index is 5.85. The first-order chi connectivity index (χ1) is 6.74. The van der Waals surface area contributed by atoms with Crippen molar-refractivity contribution in [3.8, 4) is 0 Å². The molecule has 0 radical (unpaired) electrons. The first-order valence-electron chi connectivity index (χ1n) is 4.79. The predicted octanol–water partition coefficient (Wildman–Crippen LogP) is 1.47. The molecule has 2 aromatic heterocycles. The Balaban J connectivity index is 2.72. The standard InChI is InChI=1S/C10H14N4/c1-3-14-9-6-12-5-4-8(9)13-10(14)7(2)11/h4-7H,3,11H2,1-2H3. The van der Waals surface area contributed by atoms with E-state index in [4.69, 9.17) is 5.73 Å². The number of aromatic nitrogens is 3. The molecule has 0 saturated carbocycles. The number of fused-ring (bicyclic) bond motifs is 1. The number of hydrogen-bond donors (Lipinski definition) is 1. The molecule has 0 aliphatic rings. The highest BCUT2D eigenvalue weighted by Gasteiger charge is 2.11. The lowest BCUT2D eigenvalue weighted by Gasteiger charge is -2.07. The van der Waals surface area contributed by atoms with E-state index in [1.54, 1.807) is 6.20 Å². The van der Waals surface area contributed by atoms with Gasteiger partial charge < -0.3 is 10.3 Å². The Kier molecular flexibility index (Phi) is 2.21. The van der Waals surface area contributed by atoms with E-state index >= 15 is 0 Å². The van der Waals surface area contributed by atoms with Crippen LogP contribution in [0.2, 0.25) is 0 Å². The molecular weight excluding hydrogens is 176 g/mol. The van der Waals surface area contributed by atoms with Crippen molar-refractivity contribution < 1.29 is 0 Å². The van der Waals surface area contributed by atoms with Crippen molar-refractivity contribution in [2.75, 3.05) is 0 Å². The number of imidazole rings is 1. The van der Waals surface area contributed by atoms with Gasteiger partial charge in [-0.05, 0) is 19.9 Å². The van der Waals surface area contributed by atoms with Crippen molar-refractivity contribution in [3.63, 3.8) is 0 Å². The second-order valence-corrected chi connectivity index (χ2v) is 3.37. The maximum Gasteiger partial charge on any atom is 0.126 e. The fourth-order valence-corrected chi connectivity index (χ4v) is 1.67. The minimum Gasteiger partial charge on any atom is -0.326 e. The zero-order valence-electron chi connectivity index (χ0n) is 8.44. The zero-order valence-corrected chi connectivity index (χ0v) is 8.44. The van der Waals surface area contributed by atoms with Crippen molar-refractivity contribution in [3.05, 3.63) is 24.3 Å². The lowest BCUT2D eigenvalue weighted by molar-refractivity contribution is 0.649. The molecule has 4 heteroatoms. The van der Waals surface area contributed by atoms with Crippen molar-refractivity contribution >= 4 is 11.0 Å². The van der Waals surface area contributed by atoms with Gasteiger partial charge in [-0.3, -0.25) is 4.98 Å². The topological polar surface area (TPSA) is 56.7 Å². The predicted molar refractivity (Wildman–Crippen MR) is 55.8 cm³/mol. The summed E-state index contributed by atoms with van der Waals surface area (Å²) >= 11 is 0. The van der Waals surface area contributed by atoms with Crippen LogP contribution in [-0.4, -0.2) is 14.5 Å². The van der Waals surface area contributed by atoms with Gasteiger partial charge in [0.25, 0.3) is 0 Å². The van der Waals surface area contributed by atoms with E-state index in [-0.39, 0.29) is 6.04 Å². The molecule has 0 bridgehead atoms. The molecule has 0 aliphatic carbocycles. The minimum absolute atomic E-state index is 0.0395. The summed E-state index contributed by atoms with van der Waals surface area (Å²) in [5.41, 5.74) is 7.87. The molecule has 2 aromatic rings. The van der Waals surface area contributed by atoms with Gasteiger partial charge in [-0.15, -0.1) is 0 Å².